The number of hydrogen-bond donors (Lipinski definition) is 1. The number of carbonyl (C=O) groups is 2. The molecule has 1 aromatic heterocycles. The average Bonchev–Trinajstić information content (AvgIpc) is 2.54. The highest BCUT2D eigenvalue weighted by Crippen LogP contribution is 2.24. The first-order valence-corrected chi connectivity index (χ1v) is 6.09. The summed E-state index contributed by atoms with van der Waals surface area (Å²) < 4.78 is 55.3. The third kappa shape index (κ3) is 2.12. The highest BCUT2D eigenvalue weighted by Gasteiger charge is 2.30. The zero-order valence-corrected chi connectivity index (χ0v) is 10.8. The lowest BCUT2D eigenvalue weighted by atomic mass is 9.92. The van der Waals surface area contributed by atoms with Gasteiger partial charge in [-0.05, 0) is 25.4 Å². The SMILES string of the molecule is [2H]c1ccc(N)c2c(=O)n(C3([2H])CC([2H])([2H])C(=O)CC3=O)c(C([2H])([2H])[2H])nc12. The van der Waals surface area contributed by atoms with Gasteiger partial charge in [0.1, 0.15) is 11.6 Å². The van der Waals surface area contributed by atoms with E-state index in [2.05, 4.69) is 4.98 Å². The molecule has 0 bridgehead atoms. The first-order chi connectivity index (χ1) is 12.7. The molecule has 1 heterocycles. The van der Waals surface area contributed by atoms with E-state index in [1.165, 1.54) is 12.1 Å². The molecular formula is C15H15N3O3. The van der Waals surface area contributed by atoms with Crippen LogP contribution in [-0.2, 0) is 9.59 Å². The number of Topliss-reactive ketones (excluding diaryl/α,β-unsaturated/α-hetero) is 2. The van der Waals surface area contributed by atoms with Crippen LogP contribution in [0.2, 0.25) is 0 Å². The van der Waals surface area contributed by atoms with Crippen LogP contribution in [0.1, 0.15) is 40.7 Å². The Morgan fingerprint density at radius 2 is 2.38 bits per heavy atom. The van der Waals surface area contributed by atoms with Crippen LogP contribution in [0, 0.1) is 6.85 Å². The van der Waals surface area contributed by atoms with Crippen LogP contribution in [0.15, 0.2) is 23.0 Å². The Morgan fingerprint density at radius 3 is 3.14 bits per heavy atom. The number of nitrogens with two attached hydrogens (primary N) is 1. The summed E-state index contributed by atoms with van der Waals surface area (Å²) in [4.78, 5) is 41.3. The van der Waals surface area contributed by atoms with E-state index < -0.39 is 55.0 Å². The summed E-state index contributed by atoms with van der Waals surface area (Å²) in [6, 6.07) is -0.533. The Labute approximate surface area is 130 Å². The van der Waals surface area contributed by atoms with E-state index in [9.17, 15) is 14.4 Å². The van der Waals surface area contributed by atoms with Crippen LogP contribution in [0.25, 0.3) is 10.9 Å². The summed E-state index contributed by atoms with van der Waals surface area (Å²) in [5.41, 5.74) is 4.18. The molecule has 0 saturated heterocycles. The number of hydrogen-bond acceptors (Lipinski definition) is 5. The molecule has 1 unspecified atom stereocenters. The Hall–Kier alpha value is -2.50. The number of ketones is 2. The summed E-state index contributed by atoms with van der Waals surface area (Å²) >= 11 is 0. The van der Waals surface area contributed by atoms with Gasteiger partial charge in [0.2, 0.25) is 0 Å². The van der Waals surface area contributed by atoms with Crippen molar-refractivity contribution in [1.82, 2.24) is 9.55 Å². The molecule has 2 aromatic rings. The number of rotatable bonds is 1. The Morgan fingerprint density at radius 1 is 1.57 bits per heavy atom. The molecule has 0 aliphatic heterocycles. The predicted molar refractivity (Wildman–Crippen MR) is 78.1 cm³/mol. The highest BCUT2D eigenvalue weighted by molar-refractivity contribution is 6.03. The van der Waals surface area contributed by atoms with Gasteiger partial charge in [0.05, 0.1) is 26.1 Å². The molecule has 1 aliphatic rings. The van der Waals surface area contributed by atoms with Crippen LogP contribution in [-0.4, -0.2) is 21.1 Å². The van der Waals surface area contributed by atoms with Crippen LogP contribution in [0.5, 0.6) is 0 Å². The maximum absolute atomic E-state index is 13.1. The Bertz CT molecular complexity index is 1090. The number of aromatic nitrogens is 2. The Balaban J connectivity index is 2.48. The first kappa shape index (κ1) is 7.49. The van der Waals surface area contributed by atoms with E-state index >= 15 is 0 Å². The quantitative estimate of drug-likeness (QED) is 0.628. The van der Waals surface area contributed by atoms with Crippen molar-refractivity contribution in [3.8, 4) is 0 Å². The molecule has 0 radical (unpaired) electrons. The fraction of sp³-hybridized carbons (Fsp3) is 0.333. The molecule has 6 heteroatoms. The van der Waals surface area contributed by atoms with Crippen molar-refractivity contribution < 1.29 is 19.2 Å². The van der Waals surface area contributed by atoms with E-state index in [-0.39, 0.29) is 22.6 Å². The lowest BCUT2D eigenvalue weighted by molar-refractivity contribution is -0.132. The molecule has 0 amide bonds. The molecule has 1 aliphatic carbocycles. The molecule has 3 rings (SSSR count). The van der Waals surface area contributed by atoms with Gasteiger partial charge in [0, 0.05) is 18.9 Å². The monoisotopic (exact) mass is 292 g/mol. The normalized spacial score (nSPS) is 30.6. The van der Waals surface area contributed by atoms with Gasteiger partial charge in [-0.3, -0.25) is 19.0 Å². The molecule has 0 spiro atoms. The number of nitrogens with zero attached hydrogens (tertiary/aromatic N) is 2. The topological polar surface area (TPSA) is 95.0 Å². The molecule has 1 atom stereocenters. The summed E-state index contributed by atoms with van der Waals surface area (Å²) in [6.45, 7) is -3.06. The number of fused-ring (bicyclic) bond motifs is 1. The molecule has 1 aromatic carbocycles. The minimum absolute atomic E-state index is 0.139. The predicted octanol–water partition coefficient (Wildman–Crippen LogP) is 1.15. The van der Waals surface area contributed by atoms with E-state index in [1.807, 2.05) is 0 Å². The molecule has 108 valence electrons. The fourth-order valence-corrected chi connectivity index (χ4v) is 2.22. The minimum atomic E-state index is -3.06. The number of aryl methyl sites for hydroxylation is 1. The summed E-state index contributed by atoms with van der Waals surface area (Å²) in [6.07, 6.45) is -4.62. The fourth-order valence-electron chi connectivity index (χ4n) is 2.22. The van der Waals surface area contributed by atoms with Gasteiger partial charge in [-0.15, -0.1) is 0 Å². The number of nitrogen functional groups attached to an aromatic ring is 1. The second-order valence-corrected chi connectivity index (χ2v) is 4.56. The van der Waals surface area contributed by atoms with Gasteiger partial charge >= 0.3 is 0 Å². The van der Waals surface area contributed by atoms with Crippen LogP contribution in [0.3, 0.4) is 0 Å². The Kier molecular flexibility index (Phi) is 1.71. The highest BCUT2D eigenvalue weighted by atomic mass is 16.2. The number of anilines is 1. The maximum atomic E-state index is 13.1. The van der Waals surface area contributed by atoms with Gasteiger partial charge in [0.25, 0.3) is 5.56 Å². The molecule has 1 saturated carbocycles. The summed E-state index contributed by atoms with van der Waals surface area (Å²) in [5.74, 6) is -3.12. The van der Waals surface area contributed by atoms with Crippen molar-refractivity contribution in [3.63, 3.8) is 0 Å². The second-order valence-electron chi connectivity index (χ2n) is 4.56. The van der Waals surface area contributed by atoms with Gasteiger partial charge in [-0.25, -0.2) is 4.98 Å². The largest absolute Gasteiger partial charge is 0.398 e. The minimum Gasteiger partial charge on any atom is -0.398 e. The van der Waals surface area contributed by atoms with Crippen LogP contribution in [0.4, 0.5) is 5.69 Å². The standard InChI is InChI=1S/C15H15N3O3/c1-8-17-11-4-2-3-10(16)14(11)15(21)18(8)12-6-5-9(19)7-13(12)20/h2-4,12H,5-7,16H2,1H3/i1D3,4D,5D2,12D. The van der Waals surface area contributed by atoms with Crippen LogP contribution < -0.4 is 11.3 Å². The van der Waals surface area contributed by atoms with Crippen LogP contribution >= 0.6 is 0 Å². The van der Waals surface area contributed by atoms with Crippen molar-refractivity contribution >= 4 is 28.2 Å². The van der Waals surface area contributed by atoms with Crippen molar-refractivity contribution in [2.45, 2.75) is 32.1 Å². The molecule has 21 heavy (non-hydrogen) atoms. The van der Waals surface area contributed by atoms with Crippen molar-refractivity contribution in [1.29, 1.82) is 0 Å². The summed E-state index contributed by atoms with van der Waals surface area (Å²) in [7, 11) is 0. The average molecular weight is 292 g/mol. The van der Waals surface area contributed by atoms with Crippen molar-refractivity contribution in [2.24, 2.45) is 0 Å². The summed E-state index contributed by atoms with van der Waals surface area (Å²) in [5, 5.41) is -0.350. The zero-order chi connectivity index (χ0) is 21.2. The third-order valence-electron chi connectivity index (χ3n) is 3.22. The zero-order valence-electron chi connectivity index (χ0n) is 17.8. The van der Waals surface area contributed by atoms with Gasteiger partial charge < -0.3 is 5.73 Å². The van der Waals surface area contributed by atoms with E-state index in [0.717, 1.165) is 0 Å². The third-order valence-corrected chi connectivity index (χ3v) is 3.22. The van der Waals surface area contributed by atoms with Gasteiger partial charge in [-0.1, -0.05) is 6.07 Å². The molecular weight excluding hydrogens is 270 g/mol. The lowest BCUT2D eigenvalue weighted by Gasteiger charge is -2.24. The lowest BCUT2D eigenvalue weighted by Crippen LogP contribution is -2.36. The van der Waals surface area contributed by atoms with Crippen molar-refractivity contribution in [3.05, 3.63) is 34.4 Å². The number of benzene rings is 1. The van der Waals surface area contributed by atoms with E-state index in [4.69, 9.17) is 15.3 Å². The molecule has 6 nitrogen and oxygen atoms in total. The first-order valence-electron chi connectivity index (χ1n) is 9.59. The van der Waals surface area contributed by atoms with Crippen molar-refractivity contribution in [2.75, 3.05) is 5.73 Å². The molecule has 1 fully saturated rings. The smallest absolute Gasteiger partial charge is 0.264 e. The van der Waals surface area contributed by atoms with E-state index in [1.54, 1.807) is 0 Å². The molecule has 2 N–H and O–H groups in total. The van der Waals surface area contributed by atoms with Gasteiger partial charge in [0.15, 0.2) is 5.78 Å². The van der Waals surface area contributed by atoms with Gasteiger partial charge in [-0.2, -0.15) is 0 Å². The maximum Gasteiger partial charge on any atom is 0.264 e. The van der Waals surface area contributed by atoms with E-state index in [0.29, 0.717) is 4.57 Å². The number of carbonyl (C=O) groups excluding carboxylic acids is 2. The second kappa shape index (κ2) is 4.80.